The van der Waals surface area contributed by atoms with Crippen LogP contribution >= 0.6 is 34.5 Å². The van der Waals surface area contributed by atoms with Gasteiger partial charge in [0.25, 0.3) is 0 Å². The van der Waals surface area contributed by atoms with Crippen LogP contribution in [0.1, 0.15) is 12.7 Å². The molecule has 0 bridgehead atoms. The average molecular weight is 498 g/mol. The third-order valence-corrected chi connectivity index (χ3v) is 5.76. The Kier molecular flexibility index (Phi) is 6.93. The highest BCUT2D eigenvalue weighted by Crippen LogP contribution is 2.32. The third-order valence-electron chi connectivity index (χ3n) is 4.43. The summed E-state index contributed by atoms with van der Waals surface area (Å²) < 4.78 is 5.77. The van der Waals surface area contributed by atoms with Gasteiger partial charge < -0.3 is 15.1 Å². The van der Waals surface area contributed by atoms with Gasteiger partial charge in [0, 0.05) is 40.2 Å². The minimum absolute atomic E-state index is 0.178. The molecule has 0 atom stereocenters. The van der Waals surface area contributed by atoms with Gasteiger partial charge in [0.1, 0.15) is 11.5 Å². The molecule has 2 aromatic carbocycles. The smallest absolute Gasteiger partial charge is 0.248 e. The molecule has 0 spiro atoms. The van der Waals surface area contributed by atoms with Crippen molar-refractivity contribution >= 4 is 63.2 Å². The number of nitrogens with one attached hydrogen (secondary N) is 2. The summed E-state index contributed by atoms with van der Waals surface area (Å²) in [4.78, 5) is 28.0. The van der Waals surface area contributed by atoms with Crippen molar-refractivity contribution in [2.75, 3.05) is 10.6 Å². The molecule has 33 heavy (non-hydrogen) atoms. The Balaban J connectivity index is 1.43. The van der Waals surface area contributed by atoms with Crippen LogP contribution in [0, 0.1) is 0 Å². The first-order chi connectivity index (χ1) is 15.9. The lowest BCUT2D eigenvalue weighted by atomic mass is 10.1. The van der Waals surface area contributed by atoms with Crippen LogP contribution in [-0.2, 0) is 9.59 Å². The molecule has 0 fully saturated rings. The molecule has 166 valence electrons. The van der Waals surface area contributed by atoms with Crippen molar-refractivity contribution in [1.29, 1.82) is 0 Å². The van der Waals surface area contributed by atoms with Crippen LogP contribution in [0.4, 0.5) is 10.8 Å². The maximum atomic E-state index is 12.4. The molecule has 6 nitrogen and oxygen atoms in total. The molecule has 4 rings (SSSR count). The summed E-state index contributed by atoms with van der Waals surface area (Å²) in [7, 11) is 0. The lowest BCUT2D eigenvalue weighted by Gasteiger charge is -2.04. The second-order valence-electron chi connectivity index (χ2n) is 6.95. The number of anilines is 2. The number of benzene rings is 2. The van der Waals surface area contributed by atoms with Gasteiger partial charge in [-0.3, -0.25) is 9.59 Å². The van der Waals surface area contributed by atoms with E-state index in [4.69, 9.17) is 27.6 Å². The van der Waals surface area contributed by atoms with E-state index < -0.39 is 0 Å². The van der Waals surface area contributed by atoms with Crippen LogP contribution in [0.3, 0.4) is 0 Å². The number of thiazole rings is 1. The summed E-state index contributed by atoms with van der Waals surface area (Å²) in [5, 5.41) is 8.90. The number of aromatic nitrogens is 1. The second-order valence-corrected chi connectivity index (χ2v) is 8.65. The number of furan rings is 1. The minimum Gasteiger partial charge on any atom is -0.457 e. The zero-order valence-electron chi connectivity index (χ0n) is 17.3. The van der Waals surface area contributed by atoms with Crippen LogP contribution in [0.5, 0.6) is 0 Å². The topological polar surface area (TPSA) is 84.2 Å². The number of carbonyl (C=O) groups is 2. The van der Waals surface area contributed by atoms with E-state index in [-0.39, 0.29) is 11.8 Å². The van der Waals surface area contributed by atoms with Gasteiger partial charge in [0.05, 0.1) is 10.7 Å². The first kappa shape index (κ1) is 22.8. The molecule has 0 saturated heterocycles. The fourth-order valence-electron chi connectivity index (χ4n) is 2.99. The van der Waals surface area contributed by atoms with E-state index in [0.717, 1.165) is 5.56 Å². The summed E-state index contributed by atoms with van der Waals surface area (Å²) in [6.07, 6.45) is 2.95. The number of rotatable bonds is 6. The minimum atomic E-state index is -0.317. The van der Waals surface area contributed by atoms with Crippen LogP contribution in [-0.4, -0.2) is 16.8 Å². The van der Waals surface area contributed by atoms with E-state index >= 15 is 0 Å². The van der Waals surface area contributed by atoms with E-state index in [1.165, 1.54) is 24.3 Å². The fourth-order valence-corrected chi connectivity index (χ4v) is 4.13. The van der Waals surface area contributed by atoms with Crippen LogP contribution in [0.25, 0.3) is 28.7 Å². The van der Waals surface area contributed by atoms with E-state index in [9.17, 15) is 9.59 Å². The molecule has 0 aliphatic rings. The summed E-state index contributed by atoms with van der Waals surface area (Å²) in [6.45, 7) is 1.43. The third kappa shape index (κ3) is 5.90. The van der Waals surface area contributed by atoms with E-state index in [0.29, 0.717) is 43.6 Å². The molecular weight excluding hydrogens is 481 g/mol. The van der Waals surface area contributed by atoms with Gasteiger partial charge in [-0.25, -0.2) is 4.98 Å². The Morgan fingerprint density at radius 3 is 2.73 bits per heavy atom. The van der Waals surface area contributed by atoms with E-state index in [2.05, 4.69) is 15.6 Å². The van der Waals surface area contributed by atoms with Crippen molar-refractivity contribution in [3.8, 4) is 22.6 Å². The van der Waals surface area contributed by atoms with Crippen molar-refractivity contribution in [2.24, 2.45) is 0 Å². The highest BCUT2D eigenvalue weighted by atomic mass is 35.5. The zero-order chi connectivity index (χ0) is 23.4. The predicted molar refractivity (Wildman–Crippen MR) is 134 cm³/mol. The number of hydrogen-bond donors (Lipinski definition) is 2. The molecule has 2 heterocycles. The molecule has 9 heteroatoms. The molecule has 0 saturated carbocycles. The largest absolute Gasteiger partial charge is 0.457 e. The molecule has 0 aliphatic carbocycles. The van der Waals surface area contributed by atoms with Crippen molar-refractivity contribution in [3.05, 3.63) is 81.9 Å². The first-order valence-electron chi connectivity index (χ1n) is 9.75. The van der Waals surface area contributed by atoms with Gasteiger partial charge in [-0.2, -0.15) is 0 Å². The lowest BCUT2D eigenvalue weighted by Crippen LogP contribution is -2.07. The van der Waals surface area contributed by atoms with Crippen molar-refractivity contribution in [2.45, 2.75) is 6.92 Å². The van der Waals surface area contributed by atoms with Crippen LogP contribution in [0.2, 0.25) is 10.0 Å². The Labute approximate surface area is 203 Å². The summed E-state index contributed by atoms with van der Waals surface area (Å²) in [5.74, 6) is 0.557. The second kappa shape index (κ2) is 10.0. The van der Waals surface area contributed by atoms with Crippen molar-refractivity contribution in [3.63, 3.8) is 0 Å². The van der Waals surface area contributed by atoms with Gasteiger partial charge in [0.2, 0.25) is 11.8 Å². The molecule has 4 aromatic rings. The molecule has 2 aromatic heterocycles. The highest BCUT2D eigenvalue weighted by Gasteiger charge is 2.10. The lowest BCUT2D eigenvalue weighted by molar-refractivity contribution is -0.114. The standard InChI is InChI=1S/C24H17Cl2N3O3S/c1-14(30)27-24-29-21(13-33-24)15-3-2-4-17(11-15)28-23(31)10-7-18-6-9-22(32-18)19-12-16(25)5-8-20(19)26/h2-13H,1H3,(H,28,31)(H,27,29,30)/b10-7+. The maximum absolute atomic E-state index is 12.4. The number of amides is 2. The number of carbonyl (C=O) groups excluding carboxylic acids is 2. The molecule has 0 radical (unpaired) electrons. The van der Waals surface area contributed by atoms with E-state index in [1.54, 1.807) is 42.5 Å². The molecule has 2 amide bonds. The first-order valence-corrected chi connectivity index (χ1v) is 11.4. The van der Waals surface area contributed by atoms with Crippen molar-refractivity contribution < 1.29 is 14.0 Å². The Morgan fingerprint density at radius 2 is 1.91 bits per heavy atom. The molecule has 0 unspecified atom stereocenters. The summed E-state index contributed by atoms with van der Waals surface area (Å²) in [5.41, 5.74) is 2.81. The quantitative estimate of drug-likeness (QED) is 0.281. The van der Waals surface area contributed by atoms with E-state index in [1.807, 2.05) is 23.6 Å². The van der Waals surface area contributed by atoms with Gasteiger partial charge in [-0.15, -0.1) is 11.3 Å². The Morgan fingerprint density at radius 1 is 1.06 bits per heavy atom. The normalized spacial score (nSPS) is 11.0. The Hall–Kier alpha value is -3.39. The predicted octanol–water partition coefficient (Wildman–Crippen LogP) is 6.99. The van der Waals surface area contributed by atoms with Crippen LogP contribution in [0.15, 0.2) is 70.5 Å². The van der Waals surface area contributed by atoms with Gasteiger partial charge in [-0.1, -0.05) is 35.3 Å². The maximum Gasteiger partial charge on any atom is 0.248 e. The van der Waals surface area contributed by atoms with Gasteiger partial charge in [0.15, 0.2) is 5.13 Å². The Bertz CT molecular complexity index is 1360. The fraction of sp³-hybridized carbons (Fsp3) is 0.0417. The van der Waals surface area contributed by atoms with Gasteiger partial charge in [-0.05, 0) is 48.5 Å². The number of halogens is 2. The van der Waals surface area contributed by atoms with Gasteiger partial charge >= 0.3 is 0 Å². The van der Waals surface area contributed by atoms with Crippen molar-refractivity contribution in [1.82, 2.24) is 4.98 Å². The highest BCUT2D eigenvalue weighted by molar-refractivity contribution is 7.14. The zero-order valence-corrected chi connectivity index (χ0v) is 19.6. The molecule has 0 aliphatic heterocycles. The number of nitrogens with zero attached hydrogens (tertiary/aromatic N) is 1. The average Bonchev–Trinajstić information content (AvgIpc) is 3.43. The monoisotopic (exact) mass is 497 g/mol. The molecular formula is C24H17Cl2N3O3S. The van der Waals surface area contributed by atoms with Crippen LogP contribution < -0.4 is 10.6 Å². The molecule has 2 N–H and O–H groups in total. The SMILES string of the molecule is CC(=O)Nc1nc(-c2cccc(NC(=O)/C=C/c3ccc(-c4cc(Cl)ccc4Cl)o3)c2)cs1. The summed E-state index contributed by atoms with van der Waals surface area (Å²) in [6, 6.07) is 15.9. The summed E-state index contributed by atoms with van der Waals surface area (Å²) >= 11 is 13.6. The number of hydrogen-bond acceptors (Lipinski definition) is 5.